The zero-order valence-electron chi connectivity index (χ0n) is 5.04. The van der Waals surface area contributed by atoms with Gasteiger partial charge in [0.25, 0.3) is 0 Å². The van der Waals surface area contributed by atoms with Crippen molar-refractivity contribution >= 4 is 75.8 Å². The molecule has 0 unspecified atom stereocenters. The van der Waals surface area contributed by atoms with Gasteiger partial charge in [-0.15, -0.1) is 0 Å². The van der Waals surface area contributed by atoms with Crippen LogP contribution < -0.4 is 0 Å². The topological polar surface area (TPSA) is 74.1 Å². The van der Waals surface area contributed by atoms with E-state index < -0.39 is 0 Å². The number of rotatable bonds is 1. The Morgan fingerprint density at radius 3 is 1.40 bits per heavy atom. The molecule has 3 nitrogen and oxygen atoms in total. The first-order chi connectivity index (χ1) is 1.91. The van der Waals surface area contributed by atoms with Crippen molar-refractivity contribution in [1.82, 2.24) is 0 Å². The molecule has 43 valence electrons. The first-order valence-corrected chi connectivity index (χ1v) is 0.901. The van der Waals surface area contributed by atoms with Crippen molar-refractivity contribution in [1.29, 1.82) is 0 Å². The Morgan fingerprint density at radius 1 is 1.30 bits per heavy atom. The van der Waals surface area contributed by atoms with Gasteiger partial charge in [0.05, 0.1) is 0 Å². The molecule has 0 aromatic rings. The van der Waals surface area contributed by atoms with Gasteiger partial charge in [-0.25, -0.2) is 12.7 Å². The fourth-order valence-electron chi connectivity index (χ4n) is 0. The molecule has 0 aliphatic heterocycles. The van der Waals surface area contributed by atoms with E-state index in [1.807, 2.05) is 0 Å². The van der Waals surface area contributed by atoms with Crippen LogP contribution in [0.4, 0.5) is 0 Å². The minimum Gasteiger partial charge on any atom is -2.00 e. The predicted octanol–water partition coefficient (Wildman–Crippen LogP) is -1.10. The maximum atomic E-state index is 8.93. The second-order valence-corrected chi connectivity index (χ2v) is 0.322. The van der Waals surface area contributed by atoms with Crippen LogP contribution in [-0.4, -0.2) is 75.8 Å². The summed E-state index contributed by atoms with van der Waals surface area (Å²) in [5, 5.41) is 0. The molecule has 0 aliphatic carbocycles. The molecule has 0 fully saturated rings. The van der Waals surface area contributed by atoms with Gasteiger partial charge in [0.15, 0.2) is 0 Å². The summed E-state index contributed by atoms with van der Waals surface area (Å²) in [7, 11) is 0. The van der Waals surface area contributed by atoms with E-state index in [2.05, 4.69) is 6.58 Å². The summed E-state index contributed by atoms with van der Waals surface area (Å²) >= 11 is 0. The van der Waals surface area contributed by atoms with Crippen LogP contribution in [0.25, 0.3) is 0 Å². The molecule has 0 saturated heterocycles. The van der Waals surface area contributed by atoms with E-state index in [0.29, 0.717) is 0 Å². The van der Waals surface area contributed by atoms with Crippen LogP contribution in [0.1, 0.15) is 0 Å². The summed E-state index contributed by atoms with van der Waals surface area (Å²) in [5.41, 5.74) is 0. The number of hydrogen-bond donors (Lipinski definition) is 0. The third kappa shape index (κ3) is 85.5. The van der Waals surface area contributed by atoms with Crippen LogP contribution in [0.3, 0.4) is 0 Å². The average Bonchev–Trinajstić information content (AvgIpc) is 1.37. The second kappa shape index (κ2) is 66.6. The zero-order valence-corrected chi connectivity index (χ0v) is 14.8. The first kappa shape index (κ1) is 56.9. The quantitative estimate of drug-likeness (QED) is 0.287. The van der Waals surface area contributed by atoms with Crippen molar-refractivity contribution in [2.75, 3.05) is 0 Å². The van der Waals surface area contributed by atoms with Crippen LogP contribution in [-0.2, 0) is 32.8 Å². The van der Waals surface area contributed by atoms with E-state index in [4.69, 9.17) is 4.79 Å². The molecule has 0 aromatic carbocycles. The van der Waals surface area contributed by atoms with Gasteiger partial charge in [0, 0.05) is 0 Å². The molecule has 0 heterocycles. The maximum Gasteiger partial charge on any atom is 4.00 e. The number of allylic oxidation sites excluding steroid dienone is 1. The van der Waals surface area contributed by atoms with Crippen LogP contribution in [0, 0.1) is 0 Å². The summed E-state index contributed by atoms with van der Waals surface area (Å²) in [6, 6.07) is 0. The van der Waals surface area contributed by atoms with Crippen LogP contribution >= 0.6 is 0 Å². The predicted molar refractivity (Wildman–Crippen MR) is 34.5 cm³/mol. The van der Waals surface area contributed by atoms with E-state index in [-0.39, 0.29) is 97.6 Å². The van der Waals surface area contributed by atoms with E-state index in [1.165, 1.54) is 6.29 Å². The van der Waals surface area contributed by atoms with Gasteiger partial charge in [-0.3, -0.25) is 0 Å². The van der Waals surface area contributed by atoms with Gasteiger partial charge in [-0.2, -0.15) is 0 Å². The molecule has 0 amide bonds. The summed E-state index contributed by atoms with van der Waals surface area (Å²) in [5.74, 6) is 0. The number of hydrogen-bond acceptors (Lipinski definition) is 1. The van der Waals surface area contributed by atoms with Crippen molar-refractivity contribution < 1.29 is 32.8 Å². The van der Waals surface area contributed by atoms with E-state index in [0.717, 1.165) is 6.08 Å². The van der Waals surface area contributed by atoms with E-state index in [1.54, 1.807) is 0 Å². The van der Waals surface area contributed by atoms with Gasteiger partial charge >= 0.3 is 86.6 Å². The number of carbonyl (C=O) groups excluding carboxylic acids is 1. The zero-order chi connectivity index (χ0) is 3.41. The molecule has 0 aromatic heterocycles. The Balaban J connectivity index is -0.00000000300. The molecule has 0 aliphatic rings. The monoisotopic (exact) mass is 446 g/mol. The van der Waals surface area contributed by atoms with Crippen molar-refractivity contribution in [2.45, 2.75) is 0 Å². The molecular formula is C3H3GaInMnO3Sn+7. The molecule has 0 rings (SSSR count). The Bertz CT molecular complexity index is 44.7. The normalized spacial score (nSPS) is 2.00. The second-order valence-electron chi connectivity index (χ2n) is 0.322. The smallest absolute Gasteiger partial charge is 2.00 e. The Morgan fingerprint density at radius 2 is 1.40 bits per heavy atom. The summed E-state index contributed by atoms with van der Waals surface area (Å²) < 4.78 is 0. The van der Waals surface area contributed by atoms with Crippen molar-refractivity contribution in [3.05, 3.63) is 12.7 Å². The van der Waals surface area contributed by atoms with Crippen LogP contribution in [0.15, 0.2) is 12.7 Å². The molecular weight excluding hydrogens is 442 g/mol. The Kier molecular flexibility index (Phi) is 379. The molecule has 0 atom stereocenters. The molecule has 0 spiro atoms. The minimum absolute atomic E-state index is 0. The average molecular weight is 445 g/mol. The molecule has 1 radical (unpaired) electrons. The van der Waals surface area contributed by atoms with Crippen molar-refractivity contribution in [3.63, 3.8) is 0 Å². The first-order valence-electron chi connectivity index (χ1n) is 0.901. The molecule has 0 bridgehead atoms. The summed E-state index contributed by atoms with van der Waals surface area (Å²) in [6.45, 7) is 3.06. The van der Waals surface area contributed by atoms with Gasteiger partial charge in [-0.05, 0) is 6.29 Å². The van der Waals surface area contributed by atoms with E-state index >= 15 is 0 Å². The standard InChI is InChI=1S/C3H3O.Ga.In.Mn.2O.Sn/c1-2-3-4;;;;;;/h2H,1H2;;;;;;/q-1;2*+3;+2;2*-2;+4. The molecule has 7 heteroatoms. The summed E-state index contributed by atoms with van der Waals surface area (Å²) in [4.78, 5) is 8.93. The van der Waals surface area contributed by atoms with Crippen LogP contribution in [0.5, 0.6) is 0 Å². The van der Waals surface area contributed by atoms with Crippen molar-refractivity contribution in [3.8, 4) is 0 Å². The minimum atomic E-state index is 0. The fraction of sp³-hybridized carbons (Fsp3) is 0. The Labute approximate surface area is 120 Å². The van der Waals surface area contributed by atoms with E-state index in [9.17, 15) is 0 Å². The van der Waals surface area contributed by atoms with Gasteiger partial charge in [0.1, 0.15) is 0 Å². The summed E-state index contributed by atoms with van der Waals surface area (Å²) in [6.07, 6.45) is 2.51. The molecule has 0 N–H and O–H groups in total. The Hall–Kier alpha value is 2.15. The third-order valence-corrected chi connectivity index (χ3v) is 0.0833. The van der Waals surface area contributed by atoms with Gasteiger partial charge in [-0.1, -0.05) is 0 Å². The maximum absolute atomic E-state index is 8.93. The molecule has 0 saturated carbocycles. The van der Waals surface area contributed by atoms with Gasteiger partial charge < -0.3 is 15.7 Å². The van der Waals surface area contributed by atoms with Gasteiger partial charge in [0.2, 0.25) is 0 Å². The molecule has 10 heavy (non-hydrogen) atoms. The SMILES string of the molecule is C=C[C-]=O.[Ga+3].[In+3].[Mn+2].[O-2].[O-2].[Sn+4]. The fourth-order valence-corrected chi connectivity index (χ4v) is 0. The third-order valence-electron chi connectivity index (χ3n) is 0.0833. The largest absolute Gasteiger partial charge is 4.00 e. The van der Waals surface area contributed by atoms with Crippen LogP contribution in [0.2, 0.25) is 0 Å². The van der Waals surface area contributed by atoms with Crippen molar-refractivity contribution in [2.24, 2.45) is 0 Å².